The second kappa shape index (κ2) is 22.1. The van der Waals surface area contributed by atoms with Gasteiger partial charge in [-0.25, -0.2) is 0 Å². The molecule has 0 saturated carbocycles. The molecule has 0 unspecified atom stereocenters. The SMILES string of the molecule is CCCCCCCCCc1c(O)ccc(CN(OCCO)OCCO)c1CCCCCCCCC. The lowest BCUT2D eigenvalue weighted by atomic mass is 9.91. The van der Waals surface area contributed by atoms with E-state index in [2.05, 4.69) is 13.8 Å². The molecular formula is C29H53NO5. The maximum atomic E-state index is 10.8. The lowest BCUT2D eigenvalue weighted by Gasteiger charge is -2.23. The van der Waals surface area contributed by atoms with Crippen LogP contribution in [0.15, 0.2) is 12.1 Å². The molecule has 0 atom stereocenters. The zero-order chi connectivity index (χ0) is 25.6. The summed E-state index contributed by atoms with van der Waals surface area (Å²) in [6, 6.07) is 3.74. The molecule has 3 N–H and O–H groups in total. The fourth-order valence-corrected chi connectivity index (χ4v) is 4.54. The van der Waals surface area contributed by atoms with Crippen molar-refractivity contribution in [3.63, 3.8) is 0 Å². The van der Waals surface area contributed by atoms with Gasteiger partial charge in [0.05, 0.1) is 33.0 Å². The molecular weight excluding hydrogens is 442 g/mol. The van der Waals surface area contributed by atoms with E-state index in [1.807, 2.05) is 6.07 Å². The number of phenols is 1. The highest BCUT2D eigenvalue weighted by Gasteiger charge is 2.17. The minimum Gasteiger partial charge on any atom is -0.508 e. The van der Waals surface area contributed by atoms with E-state index in [4.69, 9.17) is 19.9 Å². The second-order valence-electron chi connectivity index (χ2n) is 9.55. The summed E-state index contributed by atoms with van der Waals surface area (Å²) in [4.78, 5) is 11.1. The number of phenolic OH excluding ortho intramolecular Hbond substituents is 1. The number of nitrogens with zero attached hydrogens (tertiary/aromatic N) is 1. The topological polar surface area (TPSA) is 82.4 Å². The van der Waals surface area contributed by atoms with Gasteiger partial charge in [-0.05, 0) is 48.4 Å². The molecule has 0 aromatic heterocycles. The number of hydroxylamine groups is 2. The van der Waals surface area contributed by atoms with Crippen molar-refractivity contribution in [1.29, 1.82) is 0 Å². The predicted molar refractivity (Wildman–Crippen MR) is 143 cm³/mol. The third-order valence-corrected chi connectivity index (χ3v) is 6.52. The van der Waals surface area contributed by atoms with E-state index in [-0.39, 0.29) is 26.4 Å². The summed E-state index contributed by atoms with van der Waals surface area (Å²) in [6.07, 6.45) is 19.3. The molecule has 35 heavy (non-hydrogen) atoms. The van der Waals surface area contributed by atoms with Crippen molar-refractivity contribution in [2.75, 3.05) is 26.4 Å². The monoisotopic (exact) mass is 495 g/mol. The van der Waals surface area contributed by atoms with Crippen LogP contribution in [0.5, 0.6) is 5.75 Å². The van der Waals surface area contributed by atoms with Crippen molar-refractivity contribution in [3.8, 4) is 5.75 Å². The first-order valence-corrected chi connectivity index (χ1v) is 14.3. The molecule has 6 nitrogen and oxygen atoms in total. The van der Waals surface area contributed by atoms with Crippen LogP contribution < -0.4 is 0 Å². The normalized spacial score (nSPS) is 11.6. The molecule has 6 heteroatoms. The van der Waals surface area contributed by atoms with Gasteiger partial charge in [-0.2, -0.15) is 0 Å². The van der Waals surface area contributed by atoms with Crippen LogP contribution in [0.25, 0.3) is 0 Å². The summed E-state index contributed by atoms with van der Waals surface area (Å²) in [5.41, 5.74) is 3.34. The molecule has 0 aliphatic rings. The Balaban J connectivity index is 2.86. The third kappa shape index (κ3) is 14.8. The van der Waals surface area contributed by atoms with Gasteiger partial charge in [-0.3, -0.25) is 9.68 Å². The van der Waals surface area contributed by atoms with E-state index in [0.29, 0.717) is 12.3 Å². The molecule has 0 saturated heterocycles. The van der Waals surface area contributed by atoms with Crippen molar-refractivity contribution >= 4 is 0 Å². The molecule has 0 fully saturated rings. The van der Waals surface area contributed by atoms with Gasteiger partial charge in [-0.1, -0.05) is 102 Å². The van der Waals surface area contributed by atoms with Gasteiger partial charge in [0.25, 0.3) is 0 Å². The lowest BCUT2D eigenvalue weighted by Crippen LogP contribution is -2.27. The molecule has 204 valence electrons. The fraction of sp³-hybridized carbons (Fsp3) is 0.793. The van der Waals surface area contributed by atoms with Crippen molar-refractivity contribution in [1.82, 2.24) is 5.23 Å². The van der Waals surface area contributed by atoms with E-state index in [0.717, 1.165) is 36.8 Å². The standard InChI is InChI=1S/C29H53NO5/c1-3-5-7-9-11-13-15-17-27-26(25-30(34-23-21-31)35-24-22-32)19-20-29(33)28(27)18-16-14-12-10-8-6-4-2/h19-20,31-33H,3-18,21-25H2,1-2H3. The van der Waals surface area contributed by atoms with Crippen LogP contribution in [-0.2, 0) is 29.1 Å². The van der Waals surface area contributed by atoms with Crippen molar-refractivity contribution in [2.24, 2.45) is 0 Å². The van der Waals surface area contributed by atoms with Crippen molar-refractivity contribution in [2.45, 2.75) is 123 Å². The van der Waals surface area contributed by atoms with Crippen LogP contribution in [0.1, 0.15) is 120 Å². The smallest absolute Gasteiger partial charge is 0.119 e. The number of aliphatic hydroxyl groups excluding tert-OH is 2. The number of rotatable bonds is 24. The van der Waals surface area contributed by atoms with Gasteiger partial charge in [-0.15, -0.1) is 0 Å². The number of benzene rings is 1. The van der Waals surface area contributed by atoms with E-state index < -0.39 is 0 Å². The Hall–Kier alpha value is -1.18. The van der Waals surface area contributed by atoms with E-state index >= 15 is 0 Å². The highest BCUT2D eigenvalue weighted by molar-refractivity contribution is 5.44. The van der Waals surface area contributed by atoms with Gasteiger partial charge in [0.15, 0.2) is 0 Å². The van der Waals surface area contributed by atoms with Crippen molar-refractivity contribution < 1.29 is 25.0 Å². The number of hydrogen-bond donors (Lipinski definition) is 3. The fourth-order valence-electron chi connectivity index (χ4n) is 4.54. The highest BCUT2D eigenvalue weighted by atomic mass is 16.9. The summed E-state index contributed by atoms with van der Waals surface area (Å²) in [7, 11) is 0. The molecule has 1 aromatic carbocycles. The van der Waals surface area contributed by atoms with Crippen LogP contribution in [-0.4, -0.2) is 47.0 Å². The number of hydrogen-bond acceptors (Lipinski definition) is 6. The second-order valence-corrected chi connectivity index (χ2v) is 9.55. The Bertz CT molecular complexity index is 617. The average Bonchev–Trinajstić information content (AvgIpc) is 2.86. The minimum atomic E-state index is -0.108. The number of aliphatic hydroxyl groups is 2. The Morgan fingerprint density at radius 3 is 1.57 bits per heavy atom. The summed E-state index contributed by atoms with van der Waals surface area (Å²) >= 11 is 0. The largest absolute Gasteiger partial charge is 0.508 e. The molecule has 0 bridgehead atoms. The predicted octanol–water partition coefficient (Wildman–Crippen LogP) is 6.63. The van der Waals surface area contributed by atoms with Crippen LogP contribution in [0.2, 0.25) is 0 Å². The molecule has 0 spiro atoms. The first-order chi connectivity index (χ1) is 17.2. The number of aromatic hydroxyl groups is 1. The van der Waals surface area contributed by atoms with Crippen LogP contribution >= 0.6 is 0 Å². The maximum Gasteiger partial charge on any atom is 0.119 e. The summed E-state index contributed by atoms with van der Waals surface area (Å²) < 4.78 is 0. The minimum absolute atomic E-state index is 0.108. The molecule has 1 rings (SSSR count). The highest BCUT2D eigenvalue weighted by Crippen LogP contribution is 2.30. The molecule has 0 radical (unpaired) electrons. The summed E-state index contributed by atoms with van der Waals surface area (Å²) in [5.74, 6) is 0.386. The molecule has 1 aromatic rings. The Morgan fingerprint density at radius 1 is 0.629 bits per heavy atom. The summed E-state index contributed by atoms with van der Waals surface area (Å²) in [5, 5.41) is 30.4. The molecule has 0 heterocycles. The van der Waals surface area contributed by atoms with E-state index in [9.17, 15) is 5.11 Å². The first kappa shape index (κ1) is 31.8. The molecule has 0 amide bonds. The van der Waals surface area contributed by atoms with E-state index in [1.165, 1.54) is 87.8 Å². The van der Waals surface area contributed by atoms with Gasteiger partial charge in [0.2, 0.25) is 0 Å². The van der Waals surface area contributed by atoms with Gasteiger partial charge in [0, 0.05) is 0 Å². The molecule has 0 aliphatic heterocycles. The average molecular weight is 496 g/mol. The van der Waals surface area contributed by atoms with Gasteiger partial charge >= 0.3 is 0 Å². The Morgan fingerprint density at radius 2 is 1.09 bits per heavy atom. The zero-order valence-electron chi connectivity index (χ0n) is 22.6. The van der Waals surface area contributed by atoms with Crippen LogP contribution in [0, 0.1) is 0 Å². The third-order valence-electron chi connectivity index (χ3n) is 6.52. The summed E-state index contributed by atoms with van der Waals surface area (Å²) in [6.45, 7) is 4.91. The number of unbranched alkanes of at least 4 members (excludes halogenated alkanes) is 12. The van der Waals surface area contributed by atoms with Crippen LogP contribution in [0.4, 0.5) is 0 Å². The van der Waals surface area contributed by atoms with E-state index in [1.54, 1.807) is 6.07 Å². The lowest BCUT2D eigenvalue weighted by molar-refractivity contribution is -0.378. The maximum absolute atomic E-state index is 10.8. The van der Waals surface area contributed by atoms with Crippen LogP contribution in [0.3, 0.4) is 0 Å². The zero-order valence-corrected chi connectivity index (χ0v) is 22.6. The first-order valence-electron chi connectivity index (χ1n) is 14.3. The Kier molecular flexibility index (Phi) is 20.1. The van der Waals surface area contributed by atoms with Crippen molar-refractivity contribution in [3.05, 3.63) is 28.8 Å². The van der Waals surface area contributed by atoms with Gasteiger partial charge < -0.3 is 15.3 Å². The quantitative estimate of drug-likeness (QED) is 0.110. The Labute approximate surface area is 214 Å². The van der Waals surface area contributed by atoms with Gasteiger partial charge in [0.1, 0.15) is 5.75 Å². The molecule has 0 aliphatic carbocycles.